The quantitative estimate of drug-likeness (QED) is 0.401. The van der Waals surface area contributed by atoms with Gasteiger partial charge < -0.3 is 5.32 Å². The molecule has 0 aliphatic rings. The number of benzene rings is 1. The molecule has 0 radical (unpaired) electrons. The molecule has 126 valence electrons. The molecular weight excluding hydrogens is 357 g/mol. The van der Waals surface area contributed by atoms with Gasteiger partial charge in [0.15, 0.2) is 0 Å². The SMILES string of the molecule is Bc1cnn(-c2ccc(NC(=O)Cc3cccnc3Cl)cc2SN)c1. The summed E-state index contributed by atoms with van der Waals surface area (Å²) >= 11 is 7.09. The van der Waals surface area contributed by atoms with Gasteiger partial charge in [-0.1, -0.05) is 23.1 Å². The lowest BCUT2D eigenvalue weighted by Crippen LogP contribution is -2.15. The number of carbonyl (C=O) groups excluding carboxylic acids is 1. The van der Waals surface area contributed by atoms with Gasteiger partial charge in [-0.25, -0.2) is 9.67 Å². The number of nitrogens with two attached hydrogens (primary N) is 1. The highest BCUT2D eigenvalue weighted by Gasteiger charge is 2.11. The zero-order chi connectivity index (χ0) is 17.8. The molecule has 3 N–H and O–H groups in total. The molecule has 3 aromatic rings. The number of hydrogen-bond donors (Lipinski definition) is 2. The average Bonchev–Trinajstić information content (AvgIpc) is 3.03. The number of pyridine rings is 1. The molecule has 0 bridgehead atoms. The molecule has 2 aromatic heterocycles. The lowest BCUT2D eigenvalue weighted by Gasteiger charge is -2.11. The second kappa shape index (κ2) is 7.73. The minimum Gasteiger partial charge on any atom is -0.326 e. The molecule has 0 saturated heterocycles. The summed E-state index contributed by atoms with van der Waals surface area (Å²) in [4.78, 5) is 17.0. The molecule has 0 saturated carbocycles. The predicted molar refractivity (Wildman–Crippen MR) is 103 cm³/mol. The van der Waals surface area contributed by atoms with Crippen LogP contribution >= 0.6 is 23.5 Å². The van der Waals surface area contributed by atoms with Gasteiger partial charge in [0.1, 0.15) is 13.0 Å². The molecular formula is C16H15BClN5OS. The fourth-order valence-electron chi connectivity index (χ4n) is 2.35. The monoisotopic (exact) mass is 371 g/mol. The van der Waals surface area contributed by atoms with Crippen molar-refractivity contribution in [3.63, 3.8) is 0 Å². The summed E-state index contributed by atoms with van der Waals surface area (Å²) in [5.41, 5.74) is 3.25. The summed E-state index contributed by atoms with van der Waals surface area (Å²) in [6.07, 6.45) is 5.43. The second-order valence-corrected chi connectivity index (χ2v) is 6.47. The normalized spacial score (nSPS) is 10.6. The Kier molecular flexibility index (Phi) is 5.42. The largest absolute Gasteiger partial charge is 0.326 e. The number of hydrogen-bond acceptors (Lipinski definition) is 5. The van der Waals surface area contributed by atoms with Crippen LogP contribution in [0.5, 0.6) is 0 Å². The number of anilines is 1. The van der Waals surface area contributed by atoms with E-state index in [2.05, 4.69) is 15.4 Å². The Labute approximate surface area is 155 Å². The van der Waals surface area contributed by atoms with E-state index in [0.717, 1.165) is 28.0 Å². The Balaban J connectivity index is 1.77. The molecule has 25 heavy (non-hydrogen) atoms. The molecule has 1 aromatic carbocycles. The van der Waals surface area contributed by atoms with E-state index in [0.29, 0.717) is 16.4 Å². The van der Waals surface area contributed by atoms with Crippen LogP contribution in [0.1, 0.15) is 5.56 Å². The smallest absolute Gasteiger partial charge is 0.228 e. The molecule has 0 fully saturated rings. The zero-order valence-corrected chi connectivity index (χ0v) is 15.0. The highest BCUT2D eigenvalue weighted by molar-refractivity contribution is 7.97. The van der Waals surface area contributed by atoms with E-state index in [1.165, 1.54) is 0 Å². The summed E-state index contributed by atoms with van der Waals surface area (Å²) in [7, 11) is 1.97. The fourth-order valence-corrected chi connectivity index (χ4v) is 3.01. The summed E-state index contributed by atoms with van der Waals surface area (Å²) < 4.78 is 1.76. The van der Waals surface area contributed by atoms with E-state index >= 15 is 0 Å². The van der Waals surface area contributed by atoms with Crippen LogP contribution in [0.15, 0.2) is 53.8 Å². The van der Waals surface area contributed by atoms with Crippen LogP contribution < -0.4 is 15.9 Å². The van der Waals surface area contributed by atoms with Crippen LogP contribution in [0, 0.1) is 0 Å². The minimum atomic E-state index is -0.175. The van der Waals surface area contributed by atoms with Gasteiger partial charge in [0.25, 0.3) is 0 Å². The van der Waals surface area contributed by atoms with Crippen LogP contribution in [-0.2, 0) is 11.2 Å². The molecule has 0 aliphatic carbocycles. The average molecular weight is 372 g/mol. The maximum absolute atomic E-state index is 12.2. The van der Waals surface area contributed by atoms with Gasteiger partial charge in [0.05, 0.1) is 17.0 Å². The summed E-state index contributed by atoms with van der Waals surface area (Å²) in [5.74, 6) is -0.175. The predicted octanol–water partition coefficient (Wildman–Crippen LogP) is 1.33. The Bertz CT molecular complexity index is 917. The lowest BCUT2D eigenvalue weighted by atomic mass is 10.0. The third kappa shape index (κ3) is 4.22. The van der Waals surface area contributed by atoms with Gasteiger partial charge in [-0.2, -0.15) is 5.10 Å². The number of halogens is 1. The van der Waals surface area contributed by atoms with Gasteiger partial charge in [0, 0.05) is 24.3 Å². The van der Waals surface area contributed by atoms with Gasteiger partial charge in [0.2, 0.25) is 5.91 Å². The Morgan fingerprint density at radius 2 is 2.24 bits per heavy atom. The molecule has 3 rings (SSSR count). The van der Waals surface area contributed by atoms with Crippen molar-refractivity contribution in [2.45, 2.75) is 11.3 Å². The van der Waals surface area contributed by atoms with Crippen LogP contribution in [0.3, 0.4) is 0 Å². The van der Waals surface area contributed by atoms with Crippen molar-refractivity contribution in [1.82, 2.24) is 14.8 Å². The minimum absolute atomic E-state index is 0.151. The van der Waals surface area contributed by atoms with Crippen LogP contribution in [0.25, 0.3) is 5.69 Å². The molecule has 0 unspecified atom stereocenters. The van der Waals surface area contributed by atoms with Gasteiger partial charge in [-0.3, -0.25) is 9.93 Å². The van der Waals surface area contributed by atoms with Gasteiger partial charge in [-0.15, -0.1) is 0 Å². The number of carbonyl (C=O) groups is 1. The number of nitrogens with zero attached hydrogens (tertiary/aromatic N) is 3. The number of aromatic nitrogens is 3. The zero-order valence-electron chi connectivity index (χ0n) is 13.4. The third-order valence-electron chi connectivity index (χ3n) is 3.52. The molecule has 0 atom stereocenters. The maximum Gasteiger partial charge on any atom is 0.228 e. The Morgan fingerprint density at radius 3 is 2.92 bits per heavy atom. The second-order valence-electron chi connectivity index (χ2n) is 5.44. The number of nitrogens with one attached hydrogen (secondary N) is 1. The maximum atomic E-state index is 12.2. The topological polar surface area (TPSA) is 85.8 Å². The molecule has 0 aliphatic heterocycles. The first-order chi connectivity index (χ1) is 12.1. The number of amides is 1. The summed E-state index contributed by atoms with van der Waals surface area (Å²) in [6, 6.07) is 9.03. The highest BCUT2D eigenvalue weighted by Crippen LogP contribution is 2.25. The van der Waals surface area contributed by atoms with Crippen molar-refractivity contribution in [3.8, 4) is 5.69 Å². The highest BCUT2D eigenvalue weighted by atomic mass is 35.5. The van der Waals surface area contributed by atoms with Crippen LogP contribution in [-0.4, -0.2) is 28.5 Å². The summed E-state index contributed by atoms with van der Waals surface area (Å²) in [5, 5.41) is 13.3. The molecule has 9 heteroatoms. The molecule has 1 amide bonds. The molecule has 6 nitrogen and oxygen atoms in total. The standard InChI is InChI=1S/C16H15BClN5OS/c17-11-8-21-23(9-11)13-4-3-12(7-14(13)25-19)22-15(24)6-10-2-1-5-20-16(10)18/h1-5,7-9H,6,17,19H2,(H,22,24). The van der Waals surface area contributed by atoms with Crippen molar-refractivity contribution in [3.05, 3.63) is 59.6 Å². The first-order valence-electron chi connectivity index (χ1n) is 7.48. The Hall–Kier alpha value is -2.29. The van der Waals surface area contributed by atoms with Crippen molar-refractivity contribution in [1.29, 1.82) is 0 Å². The molecule has 2 heterocycles. The van der Waals surface area contributed by atoms with E-state index in [1.807, 2.05) is 32.2 Å². The summed E-state index contributed by atoms with van der Waals surface area (Å²) in [6.45, 7) is 0. The van der Waals surface area contributed by atoms with Crippen LogP contribution in [0.4, 0.5) is 5.69 Å². The fraction of sp³-hybridized carbons (Fsp3) is 0.0625. The van der Waals surface area contributed by atoms with Gasteiger partial charge in [-0.05, 0) is 41.8 Å². The lowest BCUT2D eigenvalue weighted by molar-refractivity contribution is -0.115. The van der Waals surface area contributed by atoms with E-state index in [9.17, 15) is 4.79 Å². The van der Waals surface area contributed by atoms with Crippen molar-refractivity contribution < 1.29 is 4.79 Å². The van der Waals surface area contributed by atoms with E-state index < -0.39 is 0 Å². The van der Waals surface area contributed by atoms with Gasteiger partial charge >= 0.3 is 0 Å². The third-order valence-corrected chi connectivity index (χ3v) is 4.44. The van der Waals surface area contributed by atoms with Crippen molar-refractivity contribution in [2.75, 3.05) is 5.32 Å². The van der Waals surface area contributed by atoms with Crippen molar-refractivity contribution >= 4 is 48.5 Å². The van der Waals surface area contributed by atoms with Crippen LogP contribution in [0.2, 0.25) is 5.15 Å². The Morgan fingerprint density at radius 1 is 1.40 bits per heavy atom. The van der Waals surface area contributed by atoms with E-state index in [1.54, 1.807) is 29.2 Å². The van der Waals surface area contributed by atoms with E-state index in [-0.39, 0.29) is 12.3 Å². The number of rotatable bonds is 5. The first kappa shape index (κ1) is 17.5. The van der Waals surface area contributed by atoms with Crippen molar-refractivity contribution in [2.24, 2.45) is 5.14 Å². The first-order valence-corrected chi connectivity index (χ1v) is 8.74. The molecule has 0 spiro atoms. The van der Waals surface area contributed by atoms with E-state index in [4.69, 9.17) is 16.7 Å².